The second-order valence-corrected chi connectivity index (χ2v) is 5.17. The Morgan fingerprint density at radius 3 is 1.50 bits per heavy atom. The third-order valence-electron chi connectivity index (χ3n) is 1.86. The van der Waals surface area contributed by atoms with E-state index in [1.807, 2.05) is 0 Å². The van der Waals surface area contributed by atoms with Crippen molar-refractivity contribution in [3.63, 3.8) is 0 Å². The van der Waals surface area contributed by atoms with Gasteiger partial charge in [-0.25, -0.2) is 0 Å². The molecule has 0 spiro atoms. The van der Waals surface area contributed by atoms with Gasteiger partial charge in [0.1, 0.15) is 0 Å². The average Bonchev–Trinajstić information content (AvgIpc) is 2.60. The molecule has 0 saturated carbocycles. The van der Waals surface area contributed by atoms with Crippen molar-refractivity contribution in [1.29, 1.82) is 0 Å². The third kappa shape index (κ3) is 4.86. The molecule has 0 nitrogen and oxygen atoms in total. The Kier molecular flexibility index (Phi) is 10.7. The van der Waals surface area contributed by atoms with Crippen LogP contribution in [0.15, 0.2) is 44.2 Å². The molecule has 2 aliphatic rings. The molecule has 0 N–H and O–H groups in total. The van der Waals surface area contributed by atoms with E-state index < -0.39 is 0 Å². The van der Waals surface area contributed by atoms with Crippen LogP contribution in [0, 0.1) is 0 Å². The summed E-state index contributed by atoms with van der Waals surface area (Å²) in [7, 11) is 0. The van der Waals surface area contributed by atoms with Crippen LogP contribution in [0.2, 0.25) is 0 Å². The summed E-state index contributed by atoms with van der Waals surface area (Å²) < 4.78 is 3.36. The minimum absolute atomic E-state index is 0. The summed E-state index contributed by atoms with van der Waals surface area (Å²) >= 11 is 0.0833. The van der Waals surface area contributed by atoms with Gasteiger partial charge in [0.05, 0.1) is 0 Å². The van der Waals surface area contributed by atoms with Crippen molar-refractivity contribution in [2.75, 3.05) is 0 Å². The van der Waals surface area contributed by atoms with Gasteiger partial charge in [0.15, 0.2) is 0 Å². The van der Waals surface area contributed by atoms with Crippen molar-refractivity contribution in [2.24, 2.45) is 0 Å². The molecule has 0 saturated heterocycles. The molecule has 4 heteroatoms. The molecule has 2 rings (SSSR count). The number of hydrogen-bond donors (Lipinski definition) is 0. The van der Waals surface area contributed by atoms with Gasteiger partial charge in [-0.05, 0) is 0 Å². The summed E-state index contributed by atoms with van der Waals surface area (Å²) in [6.45, 7) is 0. The van der Waals surface area contributed by atoms with Crippen molar-refractivity contribution in [3.05, 3.63) is 44.2 Å². The molecule has 0 bridgehead atoms. The van der Waals surface area contributed by atoms with Crippen molar-refractivity contribution in [2.45, 2.75) is 12.8 Å². The molecule has 0 aromatic heterocycles. The number of hydrogen-bond acceptors (Lipinski definition) is 0. The van der Waals surface area contributed by atoms with Crippen LogP contribution in [0.1, 0.15) is 12.8 Å². The molecule has 0 fully saturated rings. The Labute approximate surface area is 113 Å². The Morgan fingerprint density at radius 2 is 1.21 bits per heavy atom. The van der Waals surface area contributed by atoms with Crippen LogP contribution in [0.25, 0.3) is 0 Å². The predicted molar refractivity (Wildman–Crippen MR) is 43.7 cm³/mol. The smallest absolute Gasteiger partial charge is 1.00 e. The molecule has 75 valence electrons. The second-order valence-electron chi connectivity index (χ2n) is 2.77. The number of allylic oxidation sites excluding steroid dienone is 8. The largest absolute Gasteiger partial charge is 1.00 e. The van der Waals surface area contributed by atoms with Crippen LogP contribution in [-0.4, -0.2) is 0 Å². The van der Waals surface area contributed by atoms with Crippen molar-refractivity contribution in [1.82, 2.24) is 0 Å². The van der Waals surface area contributed by atoms with Gasteiger partial charge in [-0.3, -0.25) is 0 Å². The second kappa shape index (κ2) is 8.82. The van der Waals surface area contributed by atoms with E-state index in [1.54, 1.807) is 7.76 Å². The molecule has 14 heavy (non-hydrogen) atoms. The van der Waals surface area contributed by atoms with Crippen molar-refractivity contribution < 1.29 is 56.4 Å². The van der Waals surface area contributed by atoms with E-state index in [1.165, 1.54) is 12.8 Å². The molecule has 0 unspecified atom stereocenters. The van der Waals surface area contributed by atoms with Gasteiger partial charge in [0, 0.05) is 0 Å². The minimum atomic E-state index is 0. The van der Waals surface area contributed by atoms with Crippen molar-refractivity contribution >= 4 is 0 Å². The average molecular weight is 284 g/mol. The molecule has 0 heterocycles. The summed E-state index contributed by atoms with van der Waals surface area (Å²) in [4.78, 5) is 0. The summed E-state index contributed by atoms with van der Waals surface area (Å²) in [5, 5.41) is 0. The third-order valence-corrected chi connectivity index (χ3v) is 4.02. The first-order valence-corrected chi connectivity index (χ1v) is 5.50. The molecular formula is C10H10Cl3Ti. The van der Waals surface area contributed by atoms with E-state index in [0.717, 1.165) is 0 Å². The van der Waals surface area contributed by atoms with Crippen molar-refractivity contribution in [3.8, 4) is 0 Å². The van der Waals surface area contributed by atoms with Crippen LogP contribution in [-0.2, 0) is 19.2 Å². The predicted octanol–water partition coefficient (Wildman–Crippen LogP) is -6.23. The molecular weight excluding hydrogens is 274 g/mol. The molecule has 2 aliphatic carbocycles. The van der Waals surface area contributed by atoms with Crippen LogP contribution < -0.4 is 37.2 Å². The van der Waals surface area contributed by atoms with Gasteiger partial charge in [-0.2, -0.15) is 0 Å². The van der Waals surface area contributed by atoms with Gasteiger partial charge in [0.25, 0.3) is 0 Å². The maximum atomic E-state index is 2.29. The maximum absolute atomic E-state index is 2.29. The zero-order valence-electron chi connectivity index (χ0n) is 7.51. The molecule has 0 amide bonds. The molecule has 0 radical (unpaired) electrons. The molecule has 0 aromatic carbocycles. The first-order valence-electron chi connectivity index (χ1n) is 3.93. The minimum Gasteiger partial charge on any atom is -1.00 e. The summed E-state index contributed by atoms with van der Waals surface area (Å²) in [5.74, 6) is 0. The maximum Gasteiger partial charge on any atom is -1.00 e. The fourth-order valence-corrected chi connectivity index (χ4v) is 3.18. The Bertz CT molecular complexity index is 249. The number of halogens is 3. The van der Waals surface area contributed by atoms with E-state index in [9.17, 15) is 0 Å². The SMILES string of the molecule is C1=CC[C]([Ti+3][C]2=CC=CC2)=C1.[Cl-].[Cl-].[Cl-]. The molecule has 0 aromatic rings. The van der Waals surface area contributed by atoms with Crippen LogP contribution in [0.3, 0.4) is 0 Å². The van der Waals surface area contributed by atoms with Gasteiger partial charge in [-0.1, -0.05) is 0 Å². The van der Waals surface area contributed by atoms with Crippen LogP contribution in [0.4, 0.5) is 0 Å². The first kappa shape index (κ1) is 17.0. The van der Waals surface area contributed by atoms with E-state index >= 15 is 0 Å². The Balaban J connectivity index is 0. The first-order chi connectivity index (χ1) is 5.45. The van der Waals surface area contributed by atoms with E-state index in [-0.39, 0.29) is 56.4 Å². The summed E-state index contributed by atoms with van der Waals surface area (Å²) in [5.41, 5.74) is 0. The fraction of sp³-hybridized carbons (Fsp3) is 0.200. The topological polar surface area (TPSA) is 0 Å². The van der Waals surface area contributed by atoms with E-state index in [2.05, 4.69) is 36.5 Å². The monoisotopic (exact) mass is 283 g/mol. The van der Waals surface area contributed by atoms with Gasteiger partial charge >= 0.3 is 76.2 Å². The molecule has 0 atom stereocenters. The quantitative estimate of drug-likeness (QED) is 0.443. The summed E-state index contributed by atoms with van der Waals surface area (Å²) in [6.07, 6.45) is 15.9. The number of rotatable bonds is 2. The van der Waals surface area contributed by atoms with E-state index in [4.69, 9.17) is 0 Å². The van der Waals surface area contributed by atoms with E-state index in [0.29, 0.717) is 0 Å². The normalized spacial score (nSPS) is 15.7. The van der Waals surface area contributed by atoms with Crippen LogP contribution in [0.5, 0.6) is 0 Å². The van der Waals surface area contributed by atoms with Gasteiger partial charge in [0.2, 0.25) is 0 Å². The van der Waals surface area contributed by atoms with Gasteiger partial charge < -0.3 is 37.2 Å². The Morgan fingerprint density at radius 1 is 0.786 bits per heavy atom. The van der Waals surface area contributed by atoms with Gasteiger partial charge in [-0.15, -0.1) is 0 Å². The Hall–Kier alpha value is 0.544. The fourth-order valence-electron chi connectivity index (χ4n) is 1.29. The zero-order chi connectivity index (χ0) is 7.52. The standard InChI is InChI=1S/2C5H5.3ClH.Ti/c2*1-2-4-5-3-1;;;;/h2*1-3H,4H2;3*1H;/q;;;;;+3/p-3. The molecule has 0 aliphatic heterocycles. The summed E-state index contributed by atoms with van der Waals surface area (Å²) in [6, 6.07) is 0. The van der Waals surface area contributed by atoms with Crippen LogP contribution >= 0.6 is 0 Å². The zero-order valence-corrected chi connectivity index (χ0v) is 11.3.